The molecular formula is C14H12N2O3. The fraction of sp³-hybridized carbons (Fsp3) is 0.214. The third kappa shape index (κ3) is 2.99. The Morgan fingerprint density at radius 1 is 1.37 bits per heavy atom. The van der Waals surface area contributed by atoms with Crippen LogP contribution in [0.2, 0.25) is 0 Å². The molecule has 1 aromatic carbocycles. The second-order valence-electron chi connectivity index (χ2n) is 4.01. The standard InChI is InChI=1S/C14H12N2O3/c1-9-10(2)19-13(16-9)8-18-14(17)12-5-3-11(7-15)4-6-12/h3-6H,8H2,1-2H3. The fourth-order valence-corrected chi connectivity index (χ4v) is 1.49. The number of nitrogens with zero attached hydrogens (tertiary/aromatic N) is 2. The molecule has 0 fully saturated rings. The number of esters is 1. The van der Waals surface area contributed by atoms with Crippen molar-refractivity contribution in [2.24, 2.45) is 0 Å². The van der Waals surface area contributed by atoms with Crippen LogP contribution in [-0.2, 0) is 11.3 Å². The second kappa shape index (κ2) is 5.36. The summed E-state index contributed by atoms with van der Waals surface area (Å²) >= 11 is 0. The number of aromatic nitrogens is 1. The molecule has 0 aliphatic rings. The first-order chi connectivity index (χ1) is 9.10. The van der Waals surface area contributed by atoms with Crippen molar-refractivity contribution >= 4 is 5.97 Å². The fourth-order valence-electron chi connectivity index (χ4n) is 1.49. The third-order valence-corrected chi connectivity index (χ3v) is 2.65. The highest BCUT2D eigenvalue weighted by Crippen LogP contribution is 2.11. The molecule has 1 heterocycles. The van der Waals surface area contributed by atoms with Crippen LogP contribution in [0, 0.1) is 25.2 Å². The quantitative estimate of drug-likeness (QED) is 0.788. The van der Waals surface area contributed by atoms with Crippen LogP contribution in [0.3, 0.4) is 0 Å². The molecule has 0 unspecified atom stereocenters. The highest BCUT2D eigenvalue weighted by Gasteiger charge is 2.11. The number of oxazole rings is 1. The van der Waals surface area contributed by atoms with Crippen molar-refractivity contribution in [1.82, 2.24) is 4.98 Å². The Morgan fingerprint density at radius 3 is 2.58 bits per heavy atom. The van der Waals surface area contributed by atoms with Gasteiger partial charge in [-0.2, -0.15) is 5.26 Å². The number of hydrogen-bond donors (Lipinski definition) is 0. The molecule has 96 valence electrons. The summed E-state index contributed by atoms with van der Waals surface area (Å²) in [5, 5.41) is 8.66. The number of aryl methyl sites for hydroxylation is 2. The van der Waals surface area contributed by atoms with Gasteiger partial charge in [-0.3, -0.25) is 0 Å². The predicted octanol–water partition coefficient (Wildman–Crippen LogP) is 2.52. The highest BCUT2D eigenvalue weighted by atomic mass is 16.5. The average Bonchev–Trinajstić information content (AvgIpc) is 2.75. The zero-order chi connectivity index (χ0) is 13.8. The Morgan fingerprint density at radius 2 is 2.05 bits per heavy atom. The number of benzene rings is 1. The average molecular weight is 256 g/mol. The minimum Gasteiger partial charge on any atom is -0.452 e. The molecular weight excluding hydrogens is 244 g/mol. The number of carbonyl (C=O) groups excluding carboxylic acids is 1. The summed E-state index contributed by atoms with van der Waals surface area (Å²) in [5.41, 5.74) is 1.67. The van der Waals surface area contributed by atoms with Crippen LogP contribution in [0.15, 0.2) is 28.7 Å². The van der Waals surface area contributed by atoms with E-state index in [9.17, 15) is 4.79 Å². The van der Waals surface area contributed by atoms with Crippen LogP contribution in [0.1, 0.15) is 33.3 Å². The van der Waals surface area contributed by atoms with E-state index in [1.165, 1.54) is 0 Å². The van der Waals surface area contributed by atoms with E-state index in [4.69, 9.17) is 14.4 Å². The molecule has 19 heavy (non-hydrogen) atoms. The van der Waals surface area contributed by atoms with Gasteiger partial charge in [0.05, 0.1) is 22.9 Å². The number of rotatable bonds is 3. The Kier molecular flexibility index (Phi) is 3.62. The van der Waals surface area contributed by atoms with Crippen LogP contribution >= 0.6 is 0 Å². The third-order valence-electron chi connectivity index (χ3n) is 2.65. The maximum Gasteiger partial charge on any atom is 0.338 e. The highest BCUT2D eigenvalue weighted by molar-refractivity contribution is 5.89. The summed E-state index contributed by atoms with van der Waals surface area (Å²) in [5.74, 6) is 0.611. The van der Waals surface area contributed by atoms with E-state index in [-0.39, 0.29) is 6.61 Å². The molecule has 2 rings (SSSR count). The van der Waals surface area contributed by atoms with Crippen LogP contribution in [-0.4, -0.2) is 11.0 Å². The molecule has 5 nitrogen and oxygen atoms in total. The maximum absolute atomic E-state index is 11.7. The first kappa shape index (κ1) is 12.8. The molecule has 0 aliphatic heterocycles. The van der Waals surface area contributed by atoms with Crippen LogP contribution in [0.25, 0.3) is 0 Å². The van der Waals surface area contributed by atoms with Gasteiger partial charge in [-0.15, -0.1) is 0 Å². The van der Waals surface area contributed by atoms with Gasteiger partial charge in [0.25, 0.3) is 0 Å². The van der Waals surface area contributed by atoms with E-state index in [0.29, 0.717) is 22.8 Å². The van der Waals surface area contributed by atoms with Crippen molar-refractivity contribution in [1.29, 1.82) is 5.26 Å². The number of hydrogen-bond acceptors (Lipinski definition) is 5. The Bertz CT molecular complexity index is 616. The van der Waals surface area contributed by atoms with E-state index in [2.05, 4.69) is 4.98 Å². The van der Waals surface area contributed by atoms with Crippen molar-refractivity contribution in [2.45, 2.75) is 20.5 Å². The van der Waals surface area contributed by atoms with Crippen LogP contribution in [0.4, 0.5) is 0 Å². The van der Waals surface area contributed by atoms with Crippen LogP contribution in [0.5, 0.6) is 0 Å². The second-order valence-corrected chi connectivity index (χ2v) is 4.01. The first-order valence-electron chi connectivity index (χ1n) is 5.70. The minimum atomic E-state index is -0.474. The molecule has 0 aliphatic carbocycles. The number of carbonyl (C=O) groups is 1. The molecule has 1 aromatic heterocycles. The summed E-state index contributed by atoms with van der Waals surface area (Å²) in [6, 6.07) is 8.21. The first-order valence-corrected chi connectivity index (χ1v) is 5.70. The van der Waals surface area contributed by atoms with Gasteiger partial charge in [-0.05, 0) is 38.1 Å². The van der Waals surface area contributed by atoms with E-state index < -0.39 is 5.97 Å². The number of ether oxygens (including phenoxy) is 1. The summed E-state index contributed by atoms with van der Waals surface area (Å²) in [6.07, 6.45) is 0. The monoisotopic (exact) mass is 256 g/mol. The van der Waals surface area contributed by atoms with Gasteiger partial charge in [-0.25, -0.2) is 9.78 Å². The molecule has 5 heteroatoms. The Balaban J connectivity index is 1.99. The van der Waals surface area contributed by atoms with Gasteiger partial charge in [0.2, 0.25) is 5.89 Å². The maximum atomic E-state index is 11.7. The lowest BCUT2D eigenvalue weighted by atomic mass is 10.1. The van der Waals surface area contributed by atoms with Crippen molar-refractivity contribution in [3.8, 4) is 6.07 Å². The lowest BCUT2D eigenvalue weighted by molar-refractivity contribution is 0.0437. The normalized spacial score (nSPS) is 9.95. The minimum absolute atomic E-state index is 0.00643. The summed E-state index contributed by atoms with van der Waals surface area (Å²) in [4.78, 5) is 15.9. The number of nitriles is 1. The molecule has 0 bridgehead atoms. The van der Waals surface area contributed by atoms with Crippen molar-refractivity contribution in [2.75, 3.05) is 0 Å². The van der Waals surface area contributed by atoms with E-state index in [1.807, 2.05) is 13.0 Å². The molecule has 0 N–H and O–H groups in total. The topological polar surface area (TPSA) is 76.1 Å². The molecule has 0 saturated carbocycles. The molecule has 0 amide bonds. The lowest BCUT2D eigenvalue weighted by Gasteiger charge is -2.02. The lowest BCUT2D eigenvalue weighted by Crippen LogP contribution is -2.05. The zero-order valence-electron chi connectivity index (χ0n) is 10.6. The van der Waals surface area contributed by atoms with Crippen molar-refractivity contribution < 1.29 is 13.9 Å². The van der Waals surface area contributed by atoms with Crippen LogP contribution < -0.4 is 0 Å². The van der Waals surface area contributed by atoms with Gasteiger partial charge in [0.15, 0.2) is 6.61 Å². The van der Waals surface area contributed by atoms with Gasteiger partial charge >= 0.3 is 5.97 Å². The Labute approximate surface area is 110 Å². The molecule has 0 radical (unpaired) electrons. The Hall–Kier alpha value is -2.61. The summed E-state index contributed by atoms with van der Waals surface area (Å²) < 4.78 is 10.4. The van der Waals surface area contributed by atoms with Crippen molar-refractivity contribution in [3.05, 3.63) is 52.7 Å². The molecule has 0 atom stereocenters. The zero-order valence-corrected chi connectivity index (χ0v) is 10.6. The molecule has 2 aromatic rings. The predicted molar refractivity (Wildman–Crippen MR) is 66.3 cm³/mol. The van der Waals surface area contributed by atoms with E-state index in [1.54, 1.807) is 31.2 Å². The van der Waals surface area contributed by atoms with Crippen molar-refractivity contribution in [3.63, 3.8) is 0 Å². The largest absolute Gasteiger partial charge is 0.452 e. The van der Waals surface area contributed by atoms with E-state index >= 15 is 0 Å². The summed E-state index contributed by atoms with van der Waals surface area (Å²) in [6.45, 7) is 3.62. The SMILES string of the molecule is Cc1nc(COC(=O)c2ccc(C#N)cc2)oc1C. The van der Waals surface area contributed by atoms with Gasteiger partial charge in [0, 0.05) is 0 Å². The van der Waals surface area contributed by atoms with Gasteiger partial charge in [-0.1, -0.05) is 0 Å². The molecule has 0 spiro atoms. The van der Waals surface area contributed by atoms with Gasteiger partial charge in [0.1, 0.15) is 5.76 Å². The smallest absolute Gasteiger partial charge is 0.338 e. The summed E-state index contributed by atoms with van der Waals surface area (Å²) in [7, 11) is 0. The molecule has 0 saturated heterocycles. The van der Waals surface area contributed by atoms with Gasteiger partial charge < -0.3 is 9.15 Å². The van der Waals surface area contributed by atoms with E-state index in [0.717, 1.165) is 5.69 Å².